The molecule has 128 valence electrons. The van der Waals surface area contributed by atoms with Gasteiger partial charge in [0.2, 0.25) is 0 Å². The Morgan fingerprint density at radius 1 is 1.39 bits per heavy atom. The number of hydrogen-bond donors (Lipinski definition) is 2. The Kier molecular flexibility index (Phi) is 6.63. The van der Waals surface area contributed by atoms with Crippen LogP contribution in [0, 0.1) is 6.92 Å². The van der Waals surface area contributed by atoms with Crippen LogP contribution in [0.25, 0.3) is 0 Å². The van der Waals surface area contributed by atoms with Crippen LogP contribution >= 0.6 is 11.8 Å². The fourth-order valence-corrected chi connectivity index (χ4v) is 4.04. The van der Waals surface area contributed by atoms with Crippen LogP contribution in [0.5, 0.6) is 5.75 Å². The number of hydrogen-bond acceptors (Lipinski definition) is 3. The summed E-state index contributed by atoms with van der Waals surface area (Å²) in [6, 6.07) is 6.31. The molecule has 1 aromatic rings. The van der Waals surface area contributed by atoms with Gasteiger partial charge in [0, 0.05) is 24.9 Å². The second-order valence-corrected chi connectivity index (χ2v) is 7.90. The smallest absolute Gasteiger partial charge is 0.191 e. The zero-order chi connectivity index (χ0) is 16.7. The number of nitrogens with one attached hydrogen (secondary N) is 2. The number of aryl methyl sites for hydroxylation is 1. The Bertz CT molecular complexity index is 539. The van der Waals surface area contributed by atoms with Gasteiger partial charge in [0.15, 0.2) is 5.96 Å². The minimum Gasteiger partial charge on any atom is -0.494 e. The lowest BCUT2D eigenvalue weighted by atomic mass is 10.1. The minimum atomic E-state index is 0.341. The van der Waals surface area contributed by atoms with Crippen molar-refractivity contribution in [1.82, 2.24) is 10.6 Å². The van der Waals surface area contributed by atoms with Crippen molar-refractivity contribution in [2.45, 2.75) is 44.9 Å². The topological polar surface area (TPSA) is 45.6 Å². The van der Waals surface area contributed by atoms with Crippen LogP contribution in [0.2, 0.25) is 0 Å². The van der Waals surface area contributed by atoms with Crippen LogP contribution in [0.1, 0.15) is 37.8 Å². The Morgan fingerprint density at radius 2 is 2.22 bits per heavy atom. The SMILES string of the molecule is CCOc1ccc(CNC(=NC)NCC2(C)CCCS2)cc1C. The zero-order valence-electron chi connectivity index (χ0n) is 14.7. The number of aliphatic imine (C=N–C) groups is 1. The molecule has 0 aliphatic carbocycles. The van der Waals surface area contributed by atoms with Crippen molar-refractivity contribution in [2.75, 3.05) is 26.0 Å². The molecule has 1 unspecified atom stereocenters. The highest BCUT2D eigenvalue weighted by atomic mass is 32.2. The number of rotatable bonds is 6. The van der Waals surface area contributed by atoms with Crippen molar-refractivity contribution in [2.24, 2.45) is 4.99 Å². The van der Waals surface area contributed by atoms with Gasteiger partial charge in [-0.15, -0.1) is 0 Å². The summed E-state index contributed by atoms with van der Waals surface area (Å²) in [5, 5.41) is 6.86. The maximum atomic E-state index is 5.59. The lowest BCUT2D eigenvalue weighted by Crippen LogP contribution is -2.43. The molecule has 1 aliphatic rings. The van der Waals surface area contributed by atoms with E-state index in [4.69, 9.17) is 4.74 Å². The highest BCUT2D eigenvalue weighted by Gasteiger charge is 2.29. The summed E-state index contributed by atoms with van der Waals surface area (Å²) >= 11 is 2.06. The van der Waals surface area contributed by atoms with E-state index < -0.39 is 0 Å². The molecule has 1 fully saturated rings. The van der Waals surface area contributed by atoms with Gasteiger partial charge in [0.05, 0.1) is 6.61 Å². The van der Waals surface area contributed by atoms with E-state index in [1.807, 2.05) is 20.0 Å². The van der Waals surface area contributed by atoms with E-state index in [9.17, 15) is 0 Å². The zero-order valence-corrected chi connectivity index (χ0v) is 15.6. The molecular weight excluding hydrogens is 306 g/mol. The highest BCUT2D eigenvalue weighted by Crippen LogP contribution is 2.36. The van der Waals surface area contributed by atoms with E-state index in [1.165, 1.54) is 29.7 Å². The van der Waals surface area contributed by atoms with Crippen LogP contribution < -0.4 is 15.4 Å². The van der Waals surface area contributed by atoms with Gasteiger partial charge in [-0.25, -0.2) is 0 Å². The van der Waals surface area contributed by atoms with Gasteiger partial charge in [0.25, 0.3) is 0 Å². The molecule has 1 aromatic carbocycles. The average molecular weight is 336 g/mol. The summed E-state index contributed by atoms with van der Waals surface area (Å²) in [5.74, 6) is 3.10. The standard InChI is InChI=1S/C18H29N3OS/c1-5-22-16-8-7-15(11-14(16)2)12-20-17(19-4)21-13-18(3)9-6-10-23-18/h7-8,11H,5-6,9-10,12-13H2,1-4H3,(H2,19,20,21). The van der Waals surface area contributed by atoms with Crippen molar-refractivity contribution in [1.29, 1.82) is 0 Å². The van der Waals surface area contributed by atoms with E-state index in [-0.39, 0.29) is 0 Å². The normalized spacial score (nSPS) is 21.3. The lowest BCUT2D eigenvalue weighted by Gasteiger charge is -2.24. The monoisotopic (exact) mass is 335 g/mol. The van der Waals surface area contributed by atoms with Gasteiger partial charge >= 0.3 is 0 Å². The average Bonchev–Trinajstić information content (AvgIpc) is 2.97. The van der Waals surface area contributed by atoms with Crippen molar-refractivity contribution < 1.29 is 4.74 Å². The van der Waals surface area contributed by atoms with Crippen LogP contribution in [0.15, 0.2) is 23.2 Å². The first kappa shape index (κ1) is 18.0. The first-order chi connectivity index (χ1) is 11.1. The maximum Gasteiger partial charge on any atom is 0.191 e. The van der Waals surface area contributed by atoms with Crippen LogP contribution in [0.4, 0.5) is 0 Å². The number of guanidine groups is 1. The van der Waals surface area contributed by atoms with Crippen LogP contribution in [-0.4, -0.2) is 36.7 Å². The second-order valence-electron chi connectivity index (χ2n) is 6.21. The first-order valence-corrected chi connectivity index (χ1v) is 9.35. The molecule has 0 saturated carbocycles. The molecule has 0 aromatic heterocycles. The molecular formula is C18H29N3OS. The van der Waals surface area contributed by atoms with E-state index in [2.05, 4.69) is 53.4 Å². The summed E-state index contributed by atoms with van der Waals surface area (Å²) in [6.07, 6.45) is 2.60. The third-order valence-electron chi connectivity index (χ3n) is 4.15. The quantitative estimate of drug-likeness (QED) is 0.618. The fourth-order valence-electron chi connectivity index (χ4n) is 2.79. The van der Waals surface area contributed by atoms with Crippen LogP contribution in [0.3, 0.4) is 0 Å². The molecule has 0 spiro atoms. The van der Waals surface area contributed by atoms with Crippen molar-refractivity contribution in [3.05, 3.63) is 29.3 Å². The molecule has 1 heterocycles. The van der Waals surface area contributed by atoms with Gasteiger partial charge in [-0.1, -0.05) is 12.1 Å². The molecule has 4 nitrogen and oxygen atoms in total. The van der Waals surface area contributed by atoms with E-state index in [1.54, 1.807) is 0 Å². The van der Waals surface area contributed by atoms with Crippen molar-refractivity contribution in [3.8, 4) is 5.75 Å². The highest BCUT2D eigenvalue weighted by molar-refractivity contribution is 8.00. The third kappa shape index (κ3) is 5.34. The van der Waals surface area contributed by atoms with Crippen LogP contribution in [-0.2, 0) is 6.54 Å². The van der Waals surface area contributed by atoms with Gasteiger partial charge in [-0.05, 0) is 56.6 Å². The summed E-state index contributed by atoms with van der Waals surface area (Å²) in [6.45, 7) is 8.84. The second kappa shape index (κ2) is 8.48. The molecule has 0 amide bonds. The molecule has 23 heavy (non-hydrogen) atoms. The Morgan fingerprint density at radius 3 is 2.83 bits per heavy atom. The Labute approximate surface area is 144 Å². The third-order valence-corrected chi connectivity index (χ3v) is 5.69. The Balaban J connectivity index is 1.84. The summed E-state index contributed by atoms with van der Waals surface area (Å²) in [7, 11) is 1.82. The number of benzene rings is 1. The van der Waals surface area contributed by atoms with E-state index >= 15 is 0 Å². The maximum absolute atomic E-state index is 5.59. The van der Waals surface area contributed by atoms with E-state index in [0.717, 1.165) is 24.8 Å². The van der Waals surface area contributed by atoms with Gasteiger partial charge in [-0.3, -0.25) is 4.99 Å². The molecule has 1 atom stereocenters. The number of ether oxygens (including phenoxy) is 1. The fraction of sp³-hybridized carbons (Fsp3) is 0.611. The van der Waals surface area contributed by atoms with Crippen molar-refractivity contribution in [3.63, 3.8) is 0 Å². The molecule has 0 bridgehead atoms. The van der Waals surface area contributed by atoms with Gasteiger partial charge in [0.1, 0.15) is 5.75 Å². The molecule has 2 N–H and O–H groups in total. The molecule has 1 aliphatic heterocycles. The number of thioether (sulfide) groups is 1. The molecule has 0 radical (unpaired) electrons. The van der Waals surface area contributed by atoms with Gasteiger partial charge in [-0.2, -0.15) is 11.8 Å². The largest absolute Gasteiger partial charge is 0.494 e. The summed E-state index contributed by atoms with van der Waals surface area (Å²) in [5.41, 5.74) is 2.40. The molecule has 5 heteroatoms. The summed E-state index contributed by atoms with van der Waals surface area (Å²) < 4.78 is 5.93. The lowest BCUT2D eigenvalue weighted by molar-refractivity contribution is 0.338. The van der Waals surface area contributed by atoms with Crippen molar-refractivity contribution >= 4 is 17.7 Å². The minimum absolute atomic E-state index is 0.341. The predicted molar refractivity (Wildman–Crippen MR) is 101 cm³/mol. The predicted octanol–water partition coefficient (Wildman–Crippen LogP) is 3.34. The molecule has 1 saturated heterocycles. The first-order valence-electron chi connectivity index (χ1n) is 8.37. The Hall–Kier alpha value is -1.36. The molecule has 2 rings (SSSR count). The summed E-state index contributed by atoms with van der Waals surface area (Å²) in [4.78, 5) is 4.33. The van der Waals surface area contributed by atoms with E-state index in [0.29, 0.717) is 11.4 Å². The van der Waals surface area contributed by atoms with Gasteiger partial charge < -0.3 is 15.4 Å². The number of nitrogens with zero attached hydrogens (tertiary/aromatic N) is 1.